The molecule has 0 atom stereocenters. The molecular formula is C19H21ClN2O2. The molecule has 0 heterocycles. The molecule has 0 bridgehead atoms. The van der Waals surface area contributed by atoms with Crippen LogP contribution in [-0.4, -0.2) is 19.2 Å². The van der Waals surface area contributed by atoms with Crippen LogP contribution >= 0.6 is 11.6 Å². The van der Waals surface area contributed by atoms with E-state index < -0.39 is 0 Å². The highest BCUT2D eigenvalue weighted by Gasteiger charge is 2.11. The van der Waals surface area contributed by atoms with Crippen LogP contribution in [0.25, 0.3) is 0 Å². The number of hydrogen-bond acceptors (Lipinski definition) is 2. The summed E-state index contributed by atoms with van der Waals surface area (Å²) in [6, 6.07) is 13.5. The van der Waals surface area contributed by atoms with E-state index in [1.54, 1.807) is 6.07 Å². The molecule has 0 saturated heterocycles. The number of amides is 2. The fourth-order valence-corrected chi connectivity index (χ4v) is 3.05. The second-order valence-corrected chi connectivity index (χ2v) is 6.24. The number of rotatable bonds is 6. The van der Waals surface area contributed by atoms with Crippen molar-refractivity contribution in [1.82, 2.24) is 10.6 Å². The zero-order valence-corrected chi connectivity index (χ0v) is 14.2. The summed E-state index contributed by atoms with van der Waals surface area (Å²) in [6.07, 6.45) is 3.53. The lowest BCUT2D eigenvalue weighted by molar-refractivity contribution is 0.236. The first-order valence-electron chi connectivity index (χ1n) is 8.22. The van der Waals surface area contributed by atoms with Gasteiger partial charge in [-0.25, -0.2) is 4.79 Å². The van der Waals surface area contributed by atoms with Gasteiger partial charge in [0.25, 0.3) is 0 Å². The van der Waals surface area contributed by atoms with E-state index in [1.807, 2.05) is 24.3 Å². The van der Waals surface area contributed by atoms with Crippen molar-refractivity contribution in [3.63, 3.8) is 0 Å². The number of benzene rings is 2. The summed E-state index contributed by atoms with van der Waals surface area (Å²) in [7, 11) is 0. The van der Waals surface area contributed by atoms with Crippen LogP contribution in [-0.2, 0) is 19.4 Å². The summed E-state index contributed by atoms with van der Waals surface area (Å²) in [4.78, 5) is 11.8. The van der Waals surface area contributed by atoms with Gasteiger partial charge in [-0.15, -0.1) is 0 Å². The molecule has 2 amide bonds. The Morgan fingerprint density at radius 1 is 1.08 bits per heavy atom. The van der Waals surface area contributed by atoms with E-state index in [2.05, 4.69) is 22.8 Å². The third kappa shape index (κ3) is 4.42. The van der Waals surface area contributed by atoms with E-state index >= 15 is 0 Å². The highest BCUT2D eigenvalue weighted by atomic mass is 35.5. The summed E-state index contributed by atoms with van der Waals surface area (Å²) < 4.78 is 5.70. The third-order valence-electron chi connectivity index (χ3n) is 4.12. The van der Waals surface area contributed by atoms with E-state index in [0.717, 1.165) is 17.7 Å². The van der Waals surface area contributed by atoms with Gasteiger partial charge in [0.15, 0.2) is 0 Å². The van der Waals surface area contributed by atoms with Crippen LogP contribution in [0.4, 0.5) is 4.79 Å². The normalized spacial score (nSPS) is 12.5. The average Bonchev–Trinajstić information content (AvgIpc) is 3.06. The zero-order valence-electron chi connectivity index (χ0n) is 13.5. The highest BCUT2D eigenvalue weighted by Crippen LogP contribution is 2.25. The minimum absolute atomic E-state index is 0.229. The summed E-state index contributed by atoms with van der Waals surface area (Å²) >= 11 is 6.05. The Morgan fingerprint density at radius 3 is 2.79 bits per heavy atom. The van der Waals surface area contributed by atoms with Gasteiger partial charge in [0.2, 0.25) is 0 Å². The van der Waals surface area contributed by atoms with Gasteiger partial charge < -0.3 is 15.4 Å². The van der Waals surface area contributed by atoms with E-state index in [1.165, 1.54) is 24.0 Å². The van der Waals surface area contributed by atoms with Crippen LogP contribution in [0, 0.1) is 0 Å². The molecule has 5 heteroatoms. The van der Waals surface area contributed by atoms with Crippen molar-refractivity contribution in [2.24, 2.45) is 0 Å². The molecule has 0 spiro atoms. The Bertz CT molecular complexity index is 718. The number of carbonyl (C=O) groups excluding carboxylic acids is 1. The van der Waals surface area contributed by atoms with E-state index in [9.17, 15) is 4.79 Å². The van der Waals surface area contributed by atoms with Gasteiger partial charge in [-0.05, 0) is 54.2 Å². The Kier molecular flexibility index (Phi) is 5.59. The number of halogens is 1. The van der Waals surface area contributed by atoms with Gasteiger partial charge in [-0.1, -0.05) is 35.9 Å². The van der Waals surface area contributed by atoms with Crippen molar-refractivity contribution in [2.45, 2.75) is 25.8 Å². The van der Waals surface area contributed by atoms with Crippen molar-refractivity contribution < 1.29 is 9.53 Å². The maximum Gasteiger partial charge on any atom is 0.315 e. The standard InChI is InChI=1S/C19H21ClN2O2/c20-18-7-2-1-4-16(18)13-22-19(23)21-10-11-24-17-9-8-14-5-3-6-15(14)12-17/h1-2,4,7-9,12H,3,5-6,10-11,13H2,(H2,21,22,23). The maximum absolute atomic E-state index is 11.8. The second-order valence-electron chi connectivity index (χ2n) is 5.83. The lowest BCUT2D eigenvalue weighted by atomic mass is 10.1. The first-order valence-corrected chi connectivity index (χ1v) is 8.60. The molecular weight excluding hydrogens is 324 g/mol. The topological polar surface area (TPSA) is 50.4 Å². The highest BCUT2D eigenvalue weighted by molar-refractivity contribution is 6.31. The molecule has 0 aliphatic heterocycles. The summed E-state index contributed by atoms with van der Waals surface area (Å²) in [5.41, 5.74) is 3.71. The molecule has 1 aliphatic rings. The van der Waals surface area contributed by atoms with Crippen molar-refractivity contribution in [3.05, 3.63) is 64.2 Å². The van der Waals surface area contributed by atoms with Gasteiger partial charge in [0.05, 0.1) is 6.54 Å². The third-order valence-corrected chi connectivity index (χ3v) is 4.49. The second kappa shape index (κ2) is 8.06. The van der Waals surface area contributed by atoms with Crippen LogP contribution in [0.3, 0.4) is 0 Å². The molecule has 0 saturated carbocycles. The van der Waals surface area contributed by atoms with Crippen molar-refractivity contribution in [1.29, 1.82) is 0 Å². The largest absolute Gasteiger partial charge is 0.492 e. The number of hydrogen-bond donors (Lipinski definition) is 2. The molecule has 3 rings (SSSR count). The Morgan fingerprint density at radius 2 is 1.92 bits per heavy atom. The molecule has 126 valence electrons. The van der Waals surface area contributed by atoms with Crippen LogP contribution in [0.15, 0.2) is 42.5 Å². The molecule has 0 aromatic heterocycles. The molecule has 4 nitrogen and oxygen atoms in total. The number of carbonyl (C=O) groups is 1. The molecule has 0 unspecified atom stereocenters. The van der Waals surface area contributed by atoms with Crippen LogP contribution < -0.4 is 15.4 Å². The van der Waals surface area contributed by atoms with Crippen molar-refractivity contribution in [3.8, 4) is 5.75 Å². The predicted molar refractivity (Wildman–Crippen MR) is 95.7 cm³/mol. The van der Waals surface area contributed by atoms with Crippen LogP contribution in [0.2, 0.25) is 5.02 Å². The van der Waals surface area contributed by atoms with Crippen LogP contribution in [0.1, 0.15) is 23.1 Å². The van der Waals surface area contributed by atoms with Gasteiger partial charge in [0.1, 0.15) is 12.4 Å². The lowest BCUT2D eigenvalue weighted by Crippen LogP contribution is -2.37. The van der Waals surface area contributed by atoms with Crippen molar-refractivity contribution in [2.75, 3.05) is 13.2 Å². The monoisotopic (exact) mass is 344 g/mol. The quantitative estimate of drug-likeness (QED) is 0.785. The minimum atomic E-state index is -0.229. The molecule has 2 aromatic rings. The Hall–Kier alpha value is -2.20. The minimum Gasteiger partial charge on any atom is -0.492 e. The van der Waals surface area contributed by atoms with E-state index in [-0.39, 0.29) is 6.03 Å². The molecule has 24 heavy (non-hydrogen) atoms. The van der Waals surface area contributed by atoms with Crippen LogP contribution in [0.5, 0.6) is 5.75 Å². The van der Waals surface area contributed by atoms with Gasteiger partial charge in [-0.3, -0.25) is 0 Å². The number of ether oxygens (including phenoxy) is 1. The molecule has 2 aromatic carbocycles. The van der Waals surface area contributed by atoms with E-state index in [4.69, 9.17) is 16.3 Å². The smallest absolute Gasteiger partial charge is 0.315 e. The maximum atomic E-state index is 11.8. The summed E-state index contributed by atoms with van der Waals surface area (Å²) in [5, 5.41) is 6.21. The number of aryl methyl sites for hydroxylation is 2. The van der Waals surface area contributed by atoms with Crippen molar-refractivity contribution >= 4 is 17.6 Å². The Balaban J connectivity index is 1.36. The predicted octanol–water partition coefficient (Wildman–Crippen LogP) is 3.71. The average molecular weight is 345 g/mol. The molecule has 2 N–H and O–H groups in total. The first kappa shape index (κ1) is 16.7. The fraction of sp³-hybridized carbons (Fsp3) is 0.316. The summed E-state index contributed by atoms with van der Waals surface area (Å²) in [5.74, 6) is 0.869. The zero-order chi connectivity index (χ0) is 16.8. The fourth-order valence-electron chi connectivity index (χ4n) is 2.85. The number of fused-ring (bicyclic) bond motifs is 1. The van der Waals surface area contributed by atoms with Gasteiger partial charge >= 0.3 is 6.03 Å². The first-order chi connectivity index (χ1) is 11.7. The SMILES string of the molecule is O=C(NCCOc1ccc2c(c1)CCC2)NCc1ccccc1Cl. The summed E-state index contributed by atoms with van der Waals surface area (Å²) in [6.45, 7) is 1.29. The molecule has 0 radical (unpaired) electrons. The van der Waals surface area contributed by atoms with Gasteiger partial charge in [-0.2, -0.15) is 0 Å². The number of nitrogens with one attached hydrogen (secondary N) is 2. The number of urea groups is 1. The Labute approximate surface area is 147 Å². The van der Waals surface area contributed by atoms with Gasteiger partial charge in [0, 0.05) is 11.6 Å². The molecule has 0 fully saturated rings. The lowest BCUT2D eigenvalue weighted by Gasteiger charge is -2.10. The van der Waals surface area contributed by atoms with E-state index in [0.29, 0.717) is 24.7 Å². The molecule has 1 aliphatic carbocycles.